The zero-order valence-electron chi connectivity index (χ0n) is 13.4. The molecule has 0 amide bonds. The number of aliphatic hydroxyl groups excluding tert-OH is 1. The van der Waals surface area contributed by atoms with E-state index in [2.05, 4.69) is 22.0 Å². The first-order chi connectivity index (χ1) is 11.0. The summed E-state index contributed by atoms with van der Waals surface area (Å²) in [5, 5.41) is 14.5. The van der Waals surface area contributed by atoms with Gasteiger partial charge in [0.1, 0.15) is 0 Å². The highest BCUT2D eigenvalue weighted by molar-refractivity contribution is 6.30. The van der Waals surface area contributed by atoms with Gasteiger partial charge < -0.3 is 9.63 Å². The van der Waals surface area contributed by atoms with Crippen molar-refractivity contribution < 1.29 is 9.63 Å². The molecule has 2 aromatic rings. The summed E-state index contributed by atoms with van der Waals surface area (Å²) in [6.45, 7) is 5.75. The first-order valence-electron chi connectivity index (χ1n) is 8.02. The first kappa shape index (κ1) is 16.4. The van der Waals surface area contributed by atoms with Gasteiger partial charge in [0.15, 0.2) is 5.82 Å². The lowest BCUT2D eigenvalue weighted by Crippen LogP contribution is -2.27. The fraction of sp³-hybridized carbons (Fsp3) is 0.529. The third kappa shape index (κ3) is 3.91. The molecule has 1 aliphatic rings. The molecule has 0 aliphatic carbocycles. The third-order valence-electron chi connectivity index (χ3n) is 4.60. The smallest absolute Gasteiger partial charge is 0.243 e. The number of hydrogen-bond acceptors (Lipinski definition) is 5. The highest BCUT2D eigenvalue weighted by Gasteiger charge is 2.31. The number of hydrogen-bond donors (Lipinski definition) is 1. The Labute approximate surface area is 141 Å². The molecule has 1 saturated heterocycles. The predicted molar refractivity (Wildman–Crippen MR) is 88.3 cm³/mol. The van der Waals surface area contributed by atoms with Crippen LogP contribution in [-0.4, -0.2) is 39.3 Å². The van der Waals surface area contributed by atoms with Crippen LogP contribution in [0.15, 0.2) is 28.8 Å². The summed E-state index contributed by atoms with van der Waals surface area (Å²) in [6, 6.07) is 7.73. The van der Waals surface area contributed by atoms with Gasteiger partial charge in [-0.15, -0.1) is 0 Å². The summed E-state index contributed by atoms with van der Waals surface area (Å²) in [6.07, 6.45) is 1.37. The van der Waals surface area contributed by atoms with Crippen LogP contribution in [0, 0.1) is 5.92 Å². The lowest BCUT2D eigenvalue weighted by Gasteiger charge is -2.21. The van der Waals surface area contributed by atoms with Gasteiger partial charge in [0, 0.05) is 18.0 Å². The molecule has 0 bridgehead atoms. The van der Waals surface area contributed by atoms with Crippen molar-refractivity contribution in [3.63, 3.8) is 0 Å². The normalized spacial score (nSPS) is 21.5. The largest absolute Gasteiger partial charge is 0.393 e. The molecule has 5 nitrogen and oxygen atoms in total. The number of benzene rings is 1. The second-order valence-corrected chi connectivity index (χ2v) is 6.75. The van der Waals surface area contributed by atoms with Gasteiger partial charge in [0.2, 0.25) is 5.89 Å². The molecule has 1 fully saturated rings. The van der Waals surface area contributed by atoms with E-state index >= 15 is 0 Å². The molecule has 124 valence electrons. The maximum atomic E-state index is 9.72. The Kier molecular flexibility index (Phi) is 4.99. The number of likely N-dealkylation sites (tertiary alicyclic amines) is 1. The van der Waals surface area contributed by atoms with Gasteiger partial charge >= 0.3 is 0 Å². The maximum Gasteiger partial charge on any atom is 0.243 e. The second-order valence-electron chi connectivity index (χ2n) is 6.31. The van der Waals surface area contributed by atoms with E-state index in [9.17, 15) is 5.11 Å². The number of nitrogens with zero attached hydrogens (tertiary/aromatic N) is 3. The minimum Gasteiger partial charge on any atom is -0.393 e. The molecule has 1 N–H and O–H groups in total. The zero-order valence-corrected chi connectivity index (χ0v) is 14.2. The fourth-order valence-electron chi connectivity index (χ4n) is 3.01. The van der Waals surface area contributed by atoms with Gasteiger partial charge in [-0.2, -0.15) is 4.98 Å². The average molecular weight is 336 g/mol. The van der Waals surface area contributed by atoms with Gasteiger partial charge in [-0.05, 0) is 50.4 Å². The minimum absolute atomic E-state index is 0.0743. The van der Waals surface area contributed by atoms with Crippen LogP contribution in [0.4, 0.5) is 0 Å². The molecule has 0 saturated carbocycles. The molecular weight excluding hydrogens is 314 g/mol. The highest BCUT2D eigenvalue weighted by atomic mass is 35.5. The lowest BCUT2D eigenvalue weighted by atomic mass is 10.0. The SMILES string of the molecule is CC(O)C1CCN(C(C)c2nc(Cc3ccc(Cl)cc3)no2)C1. The summed E-state index contributed by atoms with van der Waals surface area (Å²) < 4.78 is 5.44. The lowest BCUT2D eigenvalue weighted by molar-refractivity contribution is 0.119. The van der Waals surface area contributed by atoms with E-state index in [0.717, 1.165) is 30.1 Å². The van der Waals surface area contributed by atoms with E-state index in [1.165, 1.54) is 0 Å². The van der Waals surface area contributed by atoms with Crippen molar-refractivity contribution in [2.45, 2.75) is 38.8 Å². The van der Waals surface area contributed by atoms with Gasteiger partial charge in [0.05, 0.1) is 12.1 Å². The maximum absolute atomic E-state index is 9.72. The van der Waals surface area contributed by atoms with E-state index in [4.69, 9.17) is 16.1 Å². The number of aromatic nitrogens is 2. The monoisotopic (exact) mass is 335 g/mol. The summed E-state index contributed by atoms with van der Waals surface area (Å²) in [7, 11) is 0. The molecule has 6 heteroatoms. The van der Waals surface area contributed by atoms with E-state index in [1.54, 1.807) is 0 Å². The Balaban J connectivity index is 1.63. The third-order valence-corrected chi connectivity index (χ3v) is 4.85. The summed E-state index contributed by atoms with van der Waals surface area (Å²) in [5.41, 5.74) is 1.10. The molecule has 1 aromatic carbocycles. The van der Waals surface area contributed by atoms with E-state index < -0.39 is 0 Å². The number of rotatable bonds is 5. The highest BCUT2D eigenvalue weighted by Crippen LogP contribution is 2.28. The summed E-state index contributed by atoms with van der Waals surface area (Å²) >= 11 is 5.89. The van der Waals surface area contributed by atoms with E-state index in [-0.39, 0.29) is 12.1 Å². The van der Waals surface area contributed by atoms with Crippen LogP contribution in [0.2, 0.25) is 5.02 Å². The molecule has 0 radical (unpaired) electrons. The Bertz CT molecular complexity index is 642. The molecular formula is C17H22ClN3O2. The van der Waals surface area contributed by atoms with Crippen molar-refractivity contribution in [1.82, 2.24) is 15.0 Å². The van der Waals surface area contributed by atoms with E-state index in [1.807, 2.05) is 31.2 Å². The van der Waals surface area contributed by atoms with Crippen LogP contribution in [-0.2, 0) is 6.42 Å². The molecule has 23 heavy (non-hydrogen) atoms. The van der Waals surface area contributed by atoms with Gasteiger partial charge in [0.25, 0.3) is 0 Å². The number of halogens is 1. The van der Waals surface area contributed by atoms with Gasteiger partial charge in [-0.3, -0.25) is 4.90 Å². The average Bonchev–Trinajstić information content (AvgIpc) is 3.18. The standard InChI is InChI=1S/C17H22ClN3O2/c1-11(21-8-7-14(10-21)12(2)22)17-19-16(20-23-17)9-13-3-5-15(18)6-4-13/h3-6,11-12,14,22H,7-10H2,1-2H3. The van der Waals surface area contributed by atoms with Crippen LogP contribution in [0.1, 0.15) is 43.6 Å². The van der Waals surface area contributed by atoms with Crippen LogP contribution >= 0.6 is 11.6 Å². The van der Waals surface area contributed by atoms with Crippen molar-refractivity contribution in [3.05, 3.63) is 46.6 Å². The van der Waals surface area contributed by atoms with Crippen molar-refractivity contribution in [2.24, 2.45) is 5.92 Å². The predicted octanol–water partition coefficient (Wildman–Crippen LogP) is 3.08. The molecule has 2 heterocycles. The summed E-state index contributed by atoms with van der Waals surface area (Å²) in [5.74, 6) is 1.65. The molecule has 1 aromatic heterocycles. The van der Waals surface area contributed by atoms with Crippen LogP contribution < -0.4 is 0 Å². The Morgan fingerprint density at radius 2 is 2.09 bits per heavy atom. The van der Waals surface area contributed by atoms with Crippen molar-refractivity contribution in [1.29, 1.82) is 0 Å². The van der Waals surface area contributed by atoms with E-state index in [0.29, 0.717) is 24.1 Å². The molecule has 0 spiro atoms. The summed E-state index contributed by atoms with van der Waals surface area (Å²) in [4.78, 5) is 6.82. The van der Waals surface area contributed by atoms with Crippen molar-refractivity contribution >= 4 is 11.6 Å². The first-order valence-corrected chi connectivity index (χ1v) is 8.39. The fourth-order valence-corrected chi connectivity index (χ4v) is 3.14. The zero-order chi connectivity index (χ0) is 16.4. The van der Waals surface area contributed by atoms with Crippen molar-refractivity contribution in [2.75, 3.05) is 13.1 Å². The molecule has 3 atom stereocenters. The van der Waals surface area contributed by atoms with Crippen LogP contribution in [0.5, 0.6) is 0 Å². The van der Waals surface area contributed by atoms with Crippen LogP contribution in [0.3, 0.4) is 0 Å². The quantitative estimate of drug-likeness (QED) is 0.909. The van der Waals surface area contributed by atoms with Gasteiger partial charge in [-0.25, -0.2) is 0 Å². The Morgan fingerprint density at radius 1 is 1.35 bits per heavy atom. The van der Waals surface area contributed by atoms with Gasteiger partial charge in [-0.1, -0.05) is 28.9 Å². The van der Waals surface area contributed by atoms with Crippen molar-refractivity contribution in [3.8, 4) is 0 Å². The van der Waals surface area contributed by atoms with Crippen LogP contribution in [0.25, 0.3) is 0 Å². The molecule has 1 aliphatic heterocycles. The minimum atomic E-state index is -0.268. The molecule has 3 unspecified atom stereocenters. The number of aliphatic hydroxyl groups is 1. The Hall–Kier alpha value is -1.43. The Morgan fingerprint density at radius 3 is 2.74 bits per heavy atom. The second kappa shape index (κ2) is 6.99. The topological polar surface area (TPSA) is 62.4 Å². The molecule has 3 rings (SSSR count).